The van der Waals surface area contributed by atoms with Crippen molar-refractivity contribution in [2.24, 2.45) is 0 Å². The summed E-state index contributed by atoms with van der Waals surface area (Å²) in [5.74, 6) is 2.19. The molecule has 420 valence electrons. The van der Waals surface area contributed by atoms with E-state index in [1.807, 2.05) is 30.3 Å². The van der Waals surface area contributed by atoms with Gasteiger partial charge in [0.05, 0.1) is 41.7 Å². The van der Waals surface area contributed by atoms with Gasteiger partial charge in [-0.25, -0.2) is 4.79 Å². The van der Waals surface area contributed by atoms with Gasteiger partial charge in [-0.1, -0.05) is 64.5 Å². The highest BCUT2D eigenvalue weighted by Crippen LogP contribution is 2.48. The molecular weight excluding hydrogens is 1120 g/mol. The lowest BCUT2D eigenvalue weighted by Gasteiger charge is -2.42. The zero-order chi connectivity index (χ0) is 56.4. The first-order chi connectivity index (χ1) is 38.1. The number of methoxy groups -OCH3 is 4. The number of nitrogens with zero attached hydrogens (tertiary/aromatic N) is 2. The highest BCUT2D eigenvalue weighted by molar-refractivity contribution is 9.09. The smallest absolute Gasteiger partial charge is 0.344 e. The van der Waals surface area contributed by atoms with Crippen LogP contribution in [0.3, 0.4) is 0 Å². The Balaban J connectivity index is 0.000000188. The molecule has 0 amide bonds. The summed E-state index contributed by atoms with van der Waals surface area (Å²) >= 11 is 2.94. The standard InChI is InChI=1S/C29H31NO8S.C25H25NO6S.C4H7BrO2/c1-4-36-28(31)18-37-27-16-22-20(15-26(27)35-3)12-13-30-17-23-19(14-24(22)30)10-11-25(34-2)29(23)38-39(32,33)21-8-6-5-7-9-21;1-30-23-9-8-16-12-21-19-14-22(27)24(31-2)13-17(19)10-11-26(21)15-20(16)25(23)32-33(28,29)18-6-4-3-5-7-18;1-2-7-4(6)3-5/h5-11,15-16,24H,4,12-14,17-18H2,1-3H3;3-9,13-14,21,27H,10-12,15H2,1-2H3;2-3H2,1H3. The largest absolute Gasteiger partial charge is 0.504 e. The summed E-state index contributed by atoms with van der Waals surface area (Å²) in [5, 5.41) is 10.6. The van der Waals surface area contributed by atoms with Crippen LogP contribution in [0.15, 0.2) is 119 Å². The van der Waals surface area contributed by atoms with Crippen molar-refractivity contribution in [3.63, 3.8) is 0 Å². The number of ether oxygens (including phenoxy) is 7. The summed E-state index contributed by atoms with van der Waals surface area (Å²) in [6.07, 6.45) is 2.88. The van der Waals surface area contributed by atoms with Crippen LogP contribution in [-0.2, 0) is 78.1 Å². The number of aromatic hydroxyl groups is 1. The number of esters is 2. The Hall–Kier alpha value is -7.04. The second kappa shape index (κ2) is 25.8. The fourth-order valence-corrected chi connectivity index (χ4v) is 12.3. The highest BCUT2D eigenvalue weighted by Gasteiger charge is 2.38. The van der Waals surface area contributed by atoms with Crippen molar-refractivity contribution in [1.29, 1.82) is 0 Å². The minimum atomic E-state index is -4.06. The van der Waals surface area contributed by atoms with Crippen LogP contribution in [0.5, 0.6) is 46.0 Å². The van der Waals surface area contributed by atoms with Gasteiger partial charge in [0, 0.05) is 49.4 Å². The van der Waals surface area contributed by atoms with E-state index in [-0.39, 0.29) is 58.3 Å². The van der Waals surface area contributed by atoms with E-state index in [0.29, 0.717) is 66.6 Å². The maximum atomic E-state index is 13.1. The van der Waals surface area contributed by atoms with E-state index >= 15 is 0 Å². The highest BCUT2D eigenvalue weighted by atomic mass is 79.9. The normalized spacial score (nSPS) is 16.1. The molecule has 0 spiro atoms. The van der Waals surface area contributed by atoms with Crippen molar-refractivity contribution < 1.29 is 73.1 Å². The maximum Gasteiger partial charge on any atom is 0.344 e. The summed E-state index contributed by atoms with van der Waals surface area (Å²) in [6, 6.07) is 31.3. The number of hydrogen-bond acceptors (Lipinski definition) is 18. The number of fused-ring (bicyclic) bond motifs is 8. The number of hydrogen-bond donors (Lipinski definition) is 1. The first-order valence-corrected chi connectivity index (χ1v) is 29.5. The van der Waals surface area contributed by atoms with Crippen molar-refractivity contribution >= 4 is 48.1 Å². The van der Waals surface area contributed by atoms with Crippen LogP contribution in [0.2, 0.25) is 0 Å². The second-order valence-corrected chi connectivity index (χ2v) is 22.2. The number of carbonyl (C=O) groups excluding carboxylic acids is 2. The Labute approximate surface area is 469 Å². The van der Waals surface area contributed by atoms with Gasteiger partial charge in [0.25, 0.3) is 0 Å². The van der Waals surface area contributed by atoms with Crippen molar-refractivity contribution in [2.75, 3.05) is 66.7 Å². The molecule has 0 fully saturated rings. The molecule has 0 aliphatic carbocycles. The molecule has 10 rings (SSSR count). The van der Waals surface area contributed by atoms with Gasteiger partial charge in [-0.15, -0.1) is 0 Å². The second-order valence-electron chi connectivity index (χ2n) is 18.5. The molecule has 0 radical (unpaired) electrons. The van der Waals surface area contributed by atoms with Crippen molar-refractivity contribution in [3.8, 4) is 46.0 Å². The fraction of sp³-hybridized carbons (Fsp3) is 0.345. The predicted octanol–water partition coefficient (Wildman–Crippen LogP) is 8.85. The molecule has 6 aromatic rings. The van der Waals surface area contributed by atoms with Crippen LogP contribution >= 0.6 is 15.9 Å². The lowest BCUT2D eigenvalue weighted by Crippen LogP contribution is -2.39. The topological polar surface area (TPSA) is 212 Å². The van der Waals surface area contributed by atoms with Crippen LogP contribution < -0.4 is 32.1 Å². The summed E-state index contributed by atoms with van der Waals surface area (Å²) in [5.41, 5.74) is 8.04. The lowest BCUT2D eigenvalue weighted by atomic mass is 9.83. The SMILES string of the molecule is CCOC(=O)CBr.CCOC(=O)COc1cc2c(cc1OC)CCN1Cc3c(ccc(OC)c3OS(=O)(=O)c3ccccc3)CC21.COc1cc2c(cc1O)C1Cc3ccc(OC)c(OS(=O)(=O)c4ccccc4)c3CN1CC2. The molecule has 0 bridgehead atoms. The number of carbonyl (C=O) groups is 2. The minimum absolute atomic E-state index is 0.0316. The number of benzene rings is 6. The molecule has 4 heterocycles. The van der Waals surface area contributed by atoms with Crippen molar-refractivity contribution in [2.45, 2.75) is 74.5 Å². The Morgan fingerprint density at radius 1 is 0.557 bits per heavy atom. The molecule has 2 unspecified atom stereocenters. The first-order valence-electron chi connectivity index (χ1n) is 25.5. The molecule has 0 saturated heterocycles. The first kappa shape index (κ1) is 58.1. The molecule has 21 heteroatoms. The molecule has 4 aliphatic rings. The van der Waals surface area contributed by atoms with Gasteiger partial charge in [0.15, 0.2) is 52.6 Å². The third kappa shape index (κ3) is 13.2. The zero-order valence-electron chi connectivity index (χ0n) is 44.7. The van der Waals surface area contributed by atoms with Crippen LogP contribution in [0.25, 0.3) is 0 Å². The van der Waals surface area contributed by atoms with Crippen LogP contribution in [0.1, 0.15) is 70.4 Å². The van der Waals surface area contributed by atoms with Crippen LogP contribution in [-0.4, -0.2) is 110 Å². The molecule has 2 atom stereocenters. The van der Waals surface area contributed by atoms with Gasteiger partial charge >= 0.3 is 32.2 Å². The molecular formula is C58H63BrN2O16S2. The van der Waals surface area contributed by atoms with Gasteiger partial charge in [-0.3, -0.25) is 14.6 Å². The van der Waals surface area contributed by atoms with E-state index in [2.05, 4.69) is 30.5 Å². The summed E-state index contributed by atoms with van der Waals surface area (Å²) in [4.78, 5) is 26.8. The number of phenols is 1. The van der Waals surface area contributed by atoms with Crippen molar-refractivity contribution in [1.82, 2.24) is 9.80 Å². The van der Waals surface area contributed by atoms with E-state index in [1.54, 1.807) is 82.7 Å². The monoisotopic (exact) mass is 1190 g/mol. The van der Waals surface area contributed by atoms with E-state index in [1.165, 1.54) is 38.5 Å². The zero-order valence-corrected chi connectivity index (χ0v) is 47.9. The molecule has 18 nitrogen and oxygen atoms in total. The summed E-state index contributed by atoms with van der Waals surface area (Å²) < 4.78 is 101. The van der Waals surface area contributed by atoms with Gasteiger partial charge in [0.2, 0.25) is 0 Å². The van der Waals surface area contributed by atoms with E-state index < -0.39 is 26.2 Å². The Morgan fingerprint density at radius 3 is 1.43 bits per heavy atom. The van der Waals surface area contributed by atoms with Crippen LogP contribution in [0, 0.1) is 0 Å². The third-order valence-electron chi connectivity index (χ3n) is 13.9. The number of alkyl halides is 1. The summed E-state index contributed by atoms with van der Waals surface area (Å²) in [7, 11) is -1.95. The predicted molar refractivity (Wildman–Crippen MR) is 296 cm³/mol. The van der Waals surface area contributed by atoms with E-state index in [4.69, 9.17) is 36.8 Å². The fourth-order valence-electron chi connectivity index (χ4n) is 10.2. The Morgan fingerprint density at radius 2 is 1.00 bits per heavy atom. The Bertz CT molecular complexity index is 3380. The molecule has 6 aromatic carbocycles. The van der Waals surface area contributed by atoms with Gasteiger partial charge in [-0.2, -0.15) is 16.8 Å². The van der Waals surface area contributed by atoms with Crippen molar-refractivity contribution in [3.05, 3.63) is 154 Å². The lowest BCUT2D eigenvalue weighted by molar-refractivity contribution is -0.145. The third-order valence-corrected chi connectivity index (χ3v) is 16.9. The number of halogens is 1. The molecule has 0 saturated carbocycles. The maximum absolute atomic E-state index is 13.1. The van der Waals surface area contributed by atoms with E-state index in [0.717, 1.165) is 70.4 Å². The summed E-state index contributed by atoms with van der Waals surface area (Å²) in [6.45, 7) is 6.63. The van der Waals surface area contributed by atoms with Gasteiger partial charge in [0.1, 0.15) is 15.1 Å². The average Bonchev–Trinajstić information content (AvgIpc) is 3.60. The van der Waals surface area contributed by atoms with E-state index in [9.17, 15) is 31.5 Å². The minimum Gasteiger partial charge on any atom is -0.504 e. The molecule has 4 aliphatic heterocycles. The molecule has 79 heavy (non-hydrogen) atoms. The molecule has 1 N–H and O–H groups in total. The van der Waals surface area contributed by atoms with Gasteiger partial charge in [-0.05, 0) is 134 Å². The quantitative estimate of drug-likeness (QED) is 0.0544. The van der Waals surface area contributed by atoms with Gasteiger partial charge < -0.3 is 46.6 Å². The van der Waals surface area contributed by atoms with Crippen LogP contribution in [0.4, 0.5) is 0 Å². The Kier molecular flexibility index (Phi) is 19.0. The number of phenolic OH excluding ortho intramolecular Hbond substituents is 1. The number of rotatable bonds is 16. The molecule has 0 aromatic heterocycles. The average molecular weight is 1190 g/mol.